The van der Waals surface area contributed by atoms with Crippen molar-refractivity contribution in [3.8, 4) is 0 Å². The van der Waals surface area contributed by atoms with Crippen LogP contribution in [0.25, 0.3) is 0 Å². The highest BCUT2D eigenvalue weighted by Crippen LogP contribution is 2.06. The maximum absolute atomic E-state index is 11.3. The van der Waals surface area contributed by atoms with Crippen LogP contribution in [-0.2, 0) is 9.53 Å². The lowest BCUT2D eigenvalue weighted by Gasteiger charge is -2.11. The number of hydrogen-bond donors (Lipinski definition) is 0. The zero-order chi connectivity index (χ0) is 11.7. The van der Waals surface area contributed by atoms with Crippen LogP contribution in [-0.4, -0.2) is 38.1 Å². The summed E-state index contributed by atoms with van der Waals surface area (Å²) < 4.78 is 5.18. The van der Waals surface area contributed by atoms with E-state index in [4.69, 9.17) is 4.74 Å². The first-order chi connectivity index (χ1) is 7.06. The van der Waals surface area contributed by atoms with E-state index in [1.165, 1.54) is 0 Å². The third-order valence-corrected chi connectivity index (χ3v) is 2.30. The molecule has 0 radical (unpaired) electrons. The van der Waals surface area contributed by atoms with Crippen LogP contribution in [0.5, 0.6) is 0 Å². The first-order valence-corrected chi connectivity index (χ1v) is 5.86. The standard InChI is InChI=1S/C12H25NO2/c1-5-7-11(2)10-15-12(14)8-6-9-13(3)4/h11H,5-10H2,1-4H3. The normalized spacial score (nSPS) is 12.9. The van der Waals surface area contributed by atoms with Crippen LogP contribution in [0.2, 0.25) is 0 Å². The van der Waals surface area contributed by atoms with Crippen molar-refractivity contribution in [2.75, 3.05) is 27.2 Å². The number of carbonyl (C=O) groups is 1. The Kier molecular flexibility index (Phi) is 8.38. The molecule has 15 heavy (non-hydrogen) atoms. The second-order valence-electron chi connectivity index (χ2n) is 4.48. The second kappa shape index (κ2) is 8.72. The quantitative estimate of drug-likeness (QED) is 0.582. The Morgan fingerprint density at radius 1 is 1.40 bits per heavy atom. The SMILES string of the molecule is CCCC(C)COC(=O)CCCN(C)C. The van der Waals surface area contributed by atoms with Crippen LogP contribution < -0.4 is 0 Å². The van der Waals surface area contributed by atoms with E-state index in [1.807, 2.05) is 14.1 Å². The minimum absolute atomic E-state index is 0.0557. The highest BCUT2D eigenvalue weighted by molar-refractivity contribution is 5.69. The number of rotatable bonds is 8. The molecule has 0 N–H and O–H groups in total. The molecule has 1 unspecified atom stereocenters. The zero-order valence-electron chi connectivity index (χ0n) is 10.6. The van der Waals surface area contributed by atoms with E-state index in [2.05, 4.69) is 18.7 Å². The van der Waals surface area contributed by atoms with Crippen LogP contribution >= 0.6 is 0 Å². The molecule has 0 aliphatic heterocycles. The summed E-state index contributed by atoms with van der Waals surface area (Å²) in [5.41, 5.74) is 0. The topological polar surface area (TPSA) is 29.5 Å². The van der Waals surface area contributed by atoms with Gasteiger partial charge in [0, 0.05) is 6.42 Å². The first kappa shape index (κ1) is 14.4. The summed E-state index contributed by atoms with van der Waals surface area (Å²) in [4.78, 5) is 13.4. The van der Waals surface area contributed by atoms with Gasteiger partial charge in [-0.2, -0.15) is 0 Å². The molecule has 3 nitrogen and oxygen atoms in total. The number of carbonyl (C=O) groups excluding carboxylic acids is 1. The van der Waals surface area contributed by atoms with Gasteiger partial charge in [-0.3, -0.25) is 4.79 Å². The molecule has 0 aliphatic carbocycles. The molecule has 0 spiro atoms. The number of esters is 1. The molecule has 0 aromatic rings. The molecule has 0 aromatic heterocycles. The summed E-state index contributed by atoms with van der Waals surface area (Å²) in [7, 11) is 4.02. The molecule has 0 heterocycles. The Balaban J connectivity index is 3.40. The van der Waals surface area contributed by atoms with Crippen molar-refractivity contribution in [1.82, 2.24) is 4.90 Å². The summed E-state index contributed by atoms with van der Waals surface area (Å²) >= 11 is 0. The van der Waals surface area contributed by atoms with E-state index in [1.54, 1.807) is 0 Å². The van der Waals surface area contributed by atoms with Gasteiger partial charge in [-0.15, -0.1) is 0 Å². The maximum atomic E-state index is 11.3. The fourth-order valence-corrected chi connectivity index (χ4v) is 1.42. The molecule has 90 valence electrons. The average molecular weight is 215 g/mol. The predicted octanol–water partition coefficient (Wildman–Crippen LogP) is 2.31. The van der Waals surface area contributed by atoms with Crippen LogP contribution in [0.15, 0.2) is 0 Å². The van der Waals surface area contributed by atoms with E-state index in [9.17, 15) is 4.79 Å². The van der Waals surface area contributed by atoms with Crippen molar-refractivity contribution < 1.29 is 9.53 Å². The Morgan fingerprint density at radius 2 is 2.07 bits per heavy atom. The zero-order valence-corrected chi connectivity index (χ0v) is 10.6. The lowest BCUT2D eigenvalue weighted by atomic mass is 10.1. The number of nitrogens with zero attached hydrogens (tertiary/aromatic N) is 1. The molecule has 0 bridgehead atoms. The van der Waals surface area contributed by atoms with Gasteiger partial charge < -0.3 is 9.64 Å². The molecule has 0 saturated carbocycles. The molecular weight excluding hydrogens is 190 g/mol. The van der Waals surface area contributed by atoms with Crippen molar-refractivity contribution in [3.05, 3.63) is 0 Å². The van der Waals surface area contributed by atoms with Crippen molar-refractivity contribution in [2.24, 2.45) is 5.92 Å². The monoisotopic (exact) mass is 215 g/mol. The number of hydrogen-bond acceptors (Lipinski definition) is 3. The molecular formula is C12H25NO2. The van der Waals surface area contributed by atoms with E-state index < -0.39 is 0 Å². The summed E-state index contributed by atoms with van der Waals surface area (Å²) in [5, 5.41) is 0. The van der Waals surface area contributed by atoms with Crippen LogP contribution in [0.1, 0.15) is 39.5 Å². The summed E-state index contributed by atoms with van der Waals surface area (Å²) in [6, 6.07) is 0. The van der Waals surface area contributed by atoms with Crippen LogP contribution in [0, 0.1) is 5.92 Å². The maximum Gasteiger partial charge on any atom is 0.305 e. The fourth-order valence-electron chi connectivity index (χ4n) is 1.42. The Morgan fingerprint density at radius 3 is 2.60 bits per heavy atom. The summed E-state index contributed by atoms with van der Waals surface area (Å²) in [6.07, 6.45) is 3.70. The molecule has 0 aromatic carbocycles. The molecule has 1 atom stereocenters. The Labute approximate surface area is 93.8 Å². The molecule has 0 aliphatic rings. The van der Waals surface area contributed by atoms with E-state index >= 15 is 0 Å². The molecule has 0 rings (SSSR count). The van der Waals surface area contributed by atoms with Gasteiger partial charge in [-0.1, -0.05) is 20.3 Å². The minimum atomic E-state index is -0.0557. The third-order valence-electron chi connectivity index (χ3n) is 2.30. The summed E-state index contributed by atoms with van der Waals surface area (Å²) in [6.45, 7) is 5.79. The molecule has 3 heteroatoms. The molecule has 0 amide bonds. The minimum Gasteiger partial charge on any atom is -0.465 e. The van der Waals surface area contributed by atoms with E-state index in [0.29, 0.717) is 18.9 Å². The highest BCUT2D eigenvalue weighted by Gasteiger charge is 2.06. The van der Waals surface area contributed by atoms with Gasteiger partial charge in [0.2, 0.25) is 0 Å². The molecule has 0 saturated heterocycles. The smallest absolute Gasteiger partial charge is 0.305 e. The molecule has 0 fully saturated rings. The second-order valence-corrected chi connectivity index (χ2v) is 4.48. The van der Waals surface area contributed by atoms with Gasteiger partial charge in [0.1, 0.15) is 0 Å². The number of ether oxygens (including phenoxy) is 1. The van der Waals surface area contributed by atoms with Crippen molar-refractivity contribution in [1.29, 1.82) is 0 Å². The highest BCUT2D eigenvalue weighted by atomic mass is 16.5. The van der Waals surface area contributed by atoms with Crippen molar-refractivity contribution in [2.45, 2.75) is 39.5 Å². The fraction of sp³-hybridized carbons (Fsp3) is 0.917. The van der Waals surface area contributed by atoms with Crippen molar-refractivity contribution >= 4 is 5.97 Å². The predicted molar refractivity (Wildman–Crippen MR) is 62.8 cm³/mol. The van der Waals surface area contributed by atoms with Gasteiger partial charge >= 0.3 is 5.97 Å². The van der Waals surface area contributed by atoms with Crippen molar-refractivity contribution in [3.63, 3.8) is 0 Å². The van der Waals surface area contributed by atoms with Gasteiger partial charge in [0.05, 0.1) is 6.61 Å². The van der Waals surface area contributed by atoms with Crippen LogP contribution in [0.4, 0.5) is 0 Å². The van der Waals surface area contributed by atoms with Gasteiger partial charge in [0.15, 0.2) is 0 Å². The first-order valence-electron chi connectivity index (χ1n) is 5.86. The average Bonchev–Trinajstić information content (AvgIpc) is 2.14. The van der Waals surface area contributed by atoms with Crippen LogP contribution in [0.3, 0.4) is 0 Å². The van der Waals surface area contributed by atoms with Gasteiger partial charge in [-0.05, 0) is 39.4 Å². The van der Waals surface area contributed by atoms with E-state index in [0.717, 1.165) is 25.8 Å². The van der Waals surface area contributed by atoms with E-state index in [-0.39, 0.29) is 5.97 Å². The Bertz CT molecular complexity index is 169. The lowest BCUT2D eigenvalue weighted by Crippen LogP contribution is -2.16. The van der Waals surface area contributed by atoms with Gasteiger partial charge in [0.25, 0.3) is 0 Å². The summed E-state index contributed by atoms with van der Waals surface area (Å²) in [5.74, 6) is 0.438. The largest absolute Gasteiger partial charge is 0.465 e. The Hall–Kier alpha value is -0.570. The van der Waals surface area contributed by atoms with Gasteiger partial charge in [-0.25, -0.2) is 0 Å². The third kappa shape index (κ3) is 9.73. The lowest BCUT2D eigenvalue weighted by molar-refractivity contribution is -0.145.